The number of nitrogens with one attached hydrogen (secondary N) is 1. The Morgan fingerprint density at radius 1 is 1.20 bits per heavy atom. The molecule has 1 amide bonds. The summed E-state index contributed by atoms with van der Waals surface area (Å²) in [5, 5.41) is 22.4. The summed E-state index contributed by atoms with van der Waals surface area (Å²) in [6.07, 6.45) is 1.67. The highest BCUT2D eigenvalue weighted by Gasteiger charge is 2.31. The monoisotopic (exact) mass is 286 g/mol. The molecule has 0 atom stereocenters. The van der Waals surface area contributed by atoms with Crippen LogP contribution in [0.15, 0.2) is 5.16 Å². The van der Waals surface area contributed by atoms with Crippen LogP contribution < -0.4 is 5.32 Å². The van der Waals surface area contributed by atoms with Crippen molar-refractivity contribution in [3.63, 3.8) is 0 Å². The van der Waals surface area contributed by atoms with Crippen molar-refractivity contribution in [1.82, 2.24) is 5.32 Å². The predicted molar refractivity (Wildman–Crippen MR) is 67.1 cm³/mol. The quantitative estimate of drug-likeness (QED) is 0.226. The summed E-state index contributed by atoms with van der Waals surface area (Å²) in [7, 11) is 0. The zero-order valence-electron chi connectivity index (χ0n) is 11.2. The third-order valence-corrected chi connectivity index (χ3v) is 3.26. The van der Waals surface area contributed by atoms with Gasteiger partial charge in [-0.1, -0.05) is 5.16 Å². The van der Waals surface area contributed by atoms with E-state index in [9.17, 15) is 14.4 Å². The average Bonchev–Trinajstić information content (AvgIpc) is 2.44. The van der Waals surface area contributed by atoms with Gasteiger partial charge in [-0.3, -0.25) is 9.59 Å². The molecule has 0 aromatic rings. The largest absolute Gasteiger partial charge is 0.481 e. The molecule has 8 heteroatoms. The number of esters is 1. The van der Waals surface area contributed by atoms with Gasteiger partial charge >= 0.3 is 11.9 Å². The minimum absolute atomic E-state index is 0.0947. The summed E-state index contributed by atoms with van der Waals surface area (Å²) in [6, 6.07) is 0. The van der Waals surface area contributed by atoms with Gasteiger partial charge in [0.25, 0.3) is 5.84 Å². The number of rotatable bonds is 3. The Bertz CT molecular complexity index is 412. The van der Waals surface area contributed by atoms with E-state index in [4.69, 9.17) is 10.3 Å². The number of hydrogen-bond acceptors (Lipinski definition) is 6. The van der Waals surface area contributed by atoms with Crippen LogP contribution in [0.2, 0.25) is 0 Å². The second kappa shape index (κ2) is 7.46. The molecule has 1 saturated carbocycles. The Kier molecular flexibility index (Phi) is 5.95. The molecule has 0 aromatic carbocycles. The van der Waals surface area contributed by atoms with Crippen molar-refractivity contribution in [2.75, 3.05) is 6.61 Å². The zero-order valence-corrected chi connectivity index (χ0v) is 11.2. The highest BCUT2D eigenvalue weighted by molar-refractivity contribution is 6.38. The molecule has 0 aliphatic heterocycles. The van der Waals surface area contributed by atoms with E-state index >= 15 is 0 Å². The van der Waals surface area contributed by atoms with Crippen molar-refractivity contribution in [3.8, 4) is 0 Å². The fourth-order valence-corrected chi connectivity index (χ4v) is 2.14. The van der Waals surface area contributed by atoms with Crippen LogP contribution in [-0.4, -0.2) is 40.6 Å². The fourth-order valence-electron chi connectivity index (χ4n) is 2.14. The number of oxime groups is 1. The van der Waals surface area contributed by atoms with Gasteiger partial charge < -0.3 is 20.4 Å². The van der Waals surface area contributed by atoms with Gasteiger partial charge in [0, 0.05) is 5.92 Å². The molecule has 112 valence electrons. The minimum atomic E-state index is -0.914. The number of ether oxygens (including phenoxy) is 1. The lowest BCUT2D eigenvalue weighted by molar-refractivity contribution is -0.144. The van der Waals surface area contributed by atoms with Gasteiger partial charge in [-0.25, -0.2) is 4.79 Å². The first-order chi connectivity index (χ1) is 9.49. The van der Waals surface area contributed by atoms with Crippen molar-refractivity contribution >= 4 is 23.7 Å². The number of carboxylic acids is 1. The first kappa shape index (κ1) is 15.9. The van der Waals surface area contributed by atoms with Gasteiger partial charge in [0.1, 0.15) is 0 Å². The molecule has 0 heterocycles. The minimum Gasteiger partial charge on any atom is -0.481 e. The Hall–Kier alpha value is -2.12. The van der Waals surface area contributed by atoms with Crippen LogP contribution in [0.4, 0.5) is 0 Å². The smallest absolute Gasteiger partial charge is 0.377 e. The second-order valence-corrected chi connectivity index (χ2v) is 4.55. The summed E-state index contributed by atoms with van der Waals surface area (Å²) in [5.74, 6) is -3.60. The summed E-state index contributed by atoms with van der Waals surface area (Å²) < 4.78 is 4.61. The SMILES string of the molecule is CCOC(=O)C(=NO)NC(=O)C1CCC(C(=O)O)CC1. The maximum Gasteiger partial charge on any atom is 0.377 e. The molecule has 0 radical (unpaired) electrons. The zero-order chi connectivity index (χ0) is 15.1. The van der Waals surface area contributed by atoms with E-state index in [2.05, 4.69) is 15.2 Å². The van der Waals surface area contributed by atoms with E-state index in [1.165, 1.54) is 0 Å². The fraction of sp³-hybridized carbons (Fsp3) is 0.667. The van der Waals surface area contributed by atoms with E-state index < -0.39 is 35.5 Å². The molecule has 1 rings (SSSR count). The first-order valence-electron chi connectivity index (χ1n) is 6.42. The molecule has 1 aliphatic carbocycles. The van der Waals surface area contributed by atoms with E-state index in [-0.39, 0.29) is 6.61 Å². The number of carbonyl (C=O) groups is 3. The van der Waals surface area contributed by atoms with Crippen LogP contribution >= 0.6 is 0 Å². The molecule has 0 aromatic heterocycles. The lowest BCUT2D eigenvalue weighted by Gasteiger charge is -2.24. The van der Waals surface area contributed by atoms with Gasteiger partial charge in [-0.2, -0.15) is 0 Å². The highest BCUT2D eigenvalue weighted by atomic mass is 16.5. The lowest BCUT2D eigenvalue weighted by Crippen LogP contribution is -2.42. The van der Waals surface area contributed by atoms with Crippen molar-refractivity contribution in [2.45, 2.75) is 32.6 Å². The summed E-state index contributed by atoms with van der Waals surface area (Å²) in [4.78, 5) is 34.0. The topological polar surface area (TPSA) is 125 Å². The number of carbonyl (C=O) groups excluding carboxylic acids is 2. The second-order valence-electron chi connectivity index (χ2n) is 4.55. The first-order valence-corrected chi connectivity index (χ1v) is 6.42. The van der Waals surface area contributed by atoms with Crippen LogP contribution in [0.3, 0.4) is 0 Å². The van der Waals surface area contributed by atoms with Crippen LogP contribution in [-0.2, 0) is 19.1 Å². The predicted octanol–water partition coefficient (Wildman–Crippen LogP) is 0.344. The average molecular weight is 286 g/mol. The van der Waals surface area contributed by atoms with Crippen molar-refractivity contribution < 1.29 is 29.4 Å². The van der Waals surface area contributed by atoms with E-state index in [1.54, 1.807) is 6.92 Å². The molecule has 1 aliphatic rings. The lowest BCUT2D eigenvalue weighted by atomic mass is 9.81. The number of carboxylic acid groups (broad SMARTS) is 1. The van der Waals surface area contributed by atoms with Gasteiger partial charge in [0.2, 0.25) is 5.91 Å². The summed E-state index contributed by atoms with van der Waals surface area (Å²) in [5.41, 5.74) is 0. The molecule has 3 N–H and O–H groups in total. The number of amidine groups is 1. The number of nitrogens with zero attached hydrogens (tertiary/aromatic N) is 1. The van der Waals surface area contributed by atoms with Gasteiger partial charge in [0.15, 0.2) is 0 Å². The van der Waals surface area contributed by atoms with Gasteiger partial charge in [-0.05, 0) is 32.6 Å². The number of aliphatic carboxylic acids is 1. The Labute approximate surface area is 115 Å². The highest BCUT2D eigenvalue weighted by Crippen LogP contribution is 2.28. The normalized spacial score (nSPS) is 22.9. The van der Waals surface area contributed by atoms with Crippen molar-refractivity contribution in [1.29, 1.82) is 0 Å². The Morgan fingerprint density at radius 3 is 2.20 bits per heavy atom. The van der Waals surface area contributed by atoms with E-state index in [0.29, 0.717) is 25.7 Å². The van der Waals surface area contributed by atoms with E-state index in [0.717, 1.165) is 0 Å². The number of amides is 1. The number of hydrogen-bond donors (Lipinski definition) is 3. The maximum absolute atomic E-state index is 11.9. The molecule has 1 fully saturated rings. The molecule has 0 spiro atoms. The third-order valence-electron chi connectivity index (χ3n) is 3.26. The van der Waals surface area contributed by atoms with Gasteiger partial charge in [-0.15, -0.1) is 0 Å². The van der Waals surface area contributed by atoms with Crippen LogP contribution in [0, 0.1) is 11.8 Å². The van der Waals surface area contributed by atoms with Crippen molar-refractivity contribution in [3.05, 3.63) is 0 Å². The Morgan fingerprint density at radius 2 is 1.75 bits per heavy atom. The van der Waals surface area contributed by atoms with Crippen LogP contribution in [0.1, 0.15) is 32.6 Å². The molecule has 20 heavy (non-hydrogen) atoms. The molecule has 0 bridgehead atoms. The van der Waals surface area contributed by atoms with Gasteiger partial charge in [0.05, 0.1) is 12.5 Å². The molecular formula is C12H18N2O6. The molecule has 8 nitrogen and oxygen atoms in total. The Balaban J connectivity index is 2.51. The standard InChI is InChI=1S/C12H18N2O6/c1-2-20-12(18)9(14-19)13-10(15)7-3-5-8(6-4-7)11(16)17/h7-8,19H,2-6H2,1H3,(H,16,17)(H,13,14,15). The summed E-state index contributed by atoms with van der Waals surface area (Å²) >= 11 is 0. The van der Waals surface area contributed by atoms with E-state index in [1.807, 2.05) is 0 Å². The van der Waals surface area contributed by atoms with Crippen LogP contribution in [0.25, 0.3) is 0 Å². The molecular weight excluding hydrogens is 268 g/mol. The summed E-state index contributed by atoms with van der Waals surface area (Å²) in [6.45, 7) is 1.68. The third kappa shape index (κ3) is 4.22. The van der Waals surface area contributed by atoms with Crippen molar-refractivity contribution in [2.24, 2.45) is 17.0 Å². The molecule has 0 saturated heterocycles. The van der Waals surface area contributed by atoms with Crippen LogP contribution in [0.5, 0.6) is 0 Å². The molecule has 0 unspecified atom stereocenters. The maximum atomic E-state index is 11.9.